The lowest BCUT2D eigenvalue weighted by molar-refractivity contribution is -0.133. The highest BCUT2D eigenvalue weighted by molar-refractivity contribution is 5.37. The number of halogens is 3. The summed E-state index contributed by atoms with van der Waals surface area (Å²) in [6, 6.07) is 6.42. The van der Waals surface area contributed by atoms with Crippen LogP contribution in [0.2, 0.25) is 0 Å². The molecule has 2 aromatic rings. The van der Waals surface area contributed by atoms with E-state index in [9.17, 15) is 18.0 Å². The van der Waals surface area contributed by atoms with Crippen molar-refractivity contribution < 1.29 is 13.2 Å². The minimum atomic E-state index is -4.18. The summed E-state index contributed by atoms with van der Waals surface area (Å²) in [5.74, 6) is 0. The van der Waals surface area contributed by atoms with Gasteiger partial charge in [-0.25, -0.2) is 4.98 Å². The normalized spacial score (nSPS) is 11.9. The molecule has 0 aliphatic rings. The van der Waals surface area contributed by atoms with Crippen molar-refractivity contribution in [1.29, 1.82) is 0 Å². The van der Waals surface area contributed by atoms with Gasteiger partial charge in [0.1, 0.15) is 5.65 Å². The van der Waals surface area contributed by atoms with E-state index in [1.807, 2.05) is 0 Å². The van der Waals surface area contributed by atoms with Crippen LogP contribution < -0.4 is 10.9 Å². The van der Waals surface area contributed by atoms with Gasteiger partial charge in [0.15, 0.2) is 0 Å². The number of nitrogens with one attached hydrogen (secondary N) is 1. The molecule has 0 bridgehead atoms. The minimum Gasteiger partial charge on any atom is -0.311 e. The van der Waals surface area contributed by atoms with Crippen LogP contribution in [0.5, 0.6) is 0 Å². The molecule has 2 heterocycles. The number of fused-ring (bicyclic) bond motifs is 1. The summed E-state index contributed by atoms with van der Waals surface area (Å²) in [5, 5.41) is 2.62. The molecule has 2 rings (SSSR count). The Morgan fingerprint density at radius 2 is 2.11 bits per heavy atom. The Kier molecular flexibility index (Phi) is 3.84. The first-order chi connectivity index (χ1) is 8.96. The van der Waals surface area contributed by atoms with Gasteiger partial charge in [0, 0.05) is 25.4 Å². The molecule has 0 atom stereocenters. The second-order valence-corrected chi connectivity index (χ2v) is 4.06. The van der Waals surface area contributed by atoms with Crippen LogP contribution in [-0.2, 0) is 6.54 Å². The molecular weight excluding hydrogens is 259 g/mol. The van der Waals surface area contributed by atoms with E-state index in [1.54, 1.807) is 24.4 Å². The third kappa shape index (κ3) is 3.78. The minimum absolute atomic E-state index is 0.136. The molecule has 4 nitrogen and oxygen atoms in total. The molecule has 0 fully saturated rings. The Morgan fingerprint density at radius 1 is 1.32 bits per heavy atom. The first-order valence-electron chi connectivity index (χ1n) is 5.70. The number of hydrogen-bond acceptors (Lipinski definition) is 3. The predicted molar refractivity (Wildman–Crippen MR) is 63.8 cm³/mol. The smallest absolute Gasteiger partial charge is 0.311 e. The fourth-order valence-electron chi connectivity index (χ4n) is 1.64. The second kappa shape index (κ2) is 5.40. The van der Waals surface area contributed by atoms with Gasteiger partial charge in [-0.05, 0) is 12.1 Å². The van der Waals surface area contributed by atoms with E-state index in [1.165, 1.54) is 10.5 Å². The summed E-state index contributed by atoms with van der Waals surface area (Å²) in [6.07, 6.45) is -3.49. The summed E-state index contributed by atoms with van der Waals surface area (Å²) in [7, 11) is 0. The van der Waals surface area contributed by atoms with Gasteiger partial charge in [-0.3, -0.25) is 9.20 Å². The summed E-state index contributed by atoms with van der Waals surface area (Å²) < 4.78 is 37.2. The number of pyridine rings is 1. The topological polar surface area (TPSA) is 46.4 Å². The lowest BCUT2D eigenvalue weighted by atomic mass is 10.3. The van der Waals surface area contributed by atoms with Gasteiger partial charge in [0.25, 0.3) is 5.56 Å². The monoisotopic (exact) mass is 271 g/mol. The van der Waals surface area contributed by atoms with Crippen LogP contribution in [0.1, 0.15) is 12.1 Å². The van der Waals surface area contributed by atoms with Crippen LogP contribution in [0.15, 0.2) is 35.3 Å². The number of nitrogens with zero attached hydrogens (tertiary/aromatic N) is 2. The van der Waals surface area contributed by atoms with Crippen LogP contribution in [0, 0.1) is 0 Å². The largest absolute Gasteiger partial charge is 0.390 e. The summed E-state index contributed by atoms with van der Waals surface area (Å²) in [5.41, 5.74) is 0.652. The fourth-order valence-corrected chi connectivity index (χ4v) is 1.64. The van der Waals surface area contributed by atoms with Gasteiger partial charge >= 0.3 is 6.18 Å². The highest BCUT2D eigenvalue weighted by atomic mass is 19.4. The zero-order valence-corrected chi connectivity index (χ0v) is 9.94. The highest BCUT2D eigenvalue weighted by Crippen LogP contribution is 2.18. The molecule has 0 aliphatic carbocycles. The van der Waals surface area contributed by atoms with Crippen molar-refractivity contribution in [3.63, 3.8) is 0 Å². The molecule has 0 unspecified atom stereocenters. The standard InChI is InChI=1S/C12H12F3N3O/c13-12(14,15)4-5-16-8-9-7-11(19)18-6-2-1-3-10(18)17-9/h1-3,6-7,16H,4-5,8H2. The van der Waals surface area contributed by atoms with Gasteiger partial charge in [0.05, 0.1) is 12.1 Å². The molecule has 7 heteroatoms. The van der Waals surface area contributed by atoms with Crippen LogP contribution in [0.25, 0.3) is 5.65 Å². The van der Waals surface area contributed by atoms with Crippen LogP contribution >= 0.6 is 0 Å². The van der Waals surface area contributed by atoms with E-state index in [0.29, 0.717) is 11.3 Å². The molecule has 0 saturated heterocycles. The average Bonchev–Trinajstić information content (AvgIpc) is 2.34. The van der Waals surface area contributed by atoms with Crippen molar-refractivity contribution in [3.8, 4) is 0 Å². The van der Waals surface area contributed by atoms with Crippen molar-refractivity contribution in [2.24, 2.45) is 0 Å². The van der Waals surface area contributed by atoms with E-state index in [2.05, 4.69) is 10.3 Å². The lowest BCUT2D eigenvalue weighted by Gasteiger charge is -2.08. The first kappa shape index (κ1) is 13.5. The Morgan fingerprint density at radius 3 is 2.84 bits per heavy atom. The van der Waals surface area contributed by atoms with E-state index in [-0.39, 0.29) is 18.6 Å². The Balaban J connectivity index is 2.04. The maximum Gasteiger partial charge on any atom is 0.390 e. The SMILES string of the molecule is O=c1cc(CNCCC(F)(F)F)nc2ccccn12. The average molecular weight is 271 g/mol. The van der Waals surface area contributed by atoms with Crippen LogP contribution in [0.3, 0.4) is 0 Å². The van der Waals surface area contributed by atoms with E-state index in [4.69, 9.17) is 0 Å². The summed E-state index contributed by atoms with van der Waals surface area (Å²) in [4.78, 5) is 15.9. The third-order valence-corrected chi connectivity index (χ3v) is 2.52. The molecule has 0 amide bonds. The Bertz CT molecular complexity index is 621. The number of alkyl halides is 3. The second-order valence-electron chi connectivity index (χ2n) is 4.06. The molecule has 19 heavy (non-hydrogen) atoms. The summed E-state index contributed by atoms with van der Waals surface area (Å²) >= 11 is 0. The van der Waals surface area contributed by atoms with E-state index >= 15 is 0 Å². The molecule has 2 aromatic heterocycles. The molecule has 0 radical (unpaired) electrons. The molecule has 1 N–H and O–H groups in total. The molecule has 0 aromatic carbocycles. The zero-order chi connectivity index (χ0) is 13.9. The summed E-state index contributed by atoms with van der Waals surface area (Å²) in [6.45, 7) is -0.0595. The predicted octanol–water partition coefficient (Wildman–Crippen LogP) is 1.74. The van der Waals surface area contributed by atoms with Crippen LogP contribution in [-0.4, -0.2) is 22.1 Å². The Hall–Kier alpha value is -1.89. The lowest BCUT2D eigenvalue weighted by Crippen LogP contribution is -2.23. The number of hydrogen-bond donors (Lipinski definition) is 1. The third-order valence-electron chi connectivity index (χ3n) is 2.52. The van der Waals surface area contributed by atoms with Gasteiger partial charge < -0.3 is 5.32 Å². The van der Waals surface area contributed by atoms with Crippen molar-refractivity contribution in [3.05, 3.63) is 46.5 Å². The zero-order valence-electron chi connectivity index (χ0n) is 9.94. The van der Waals surface area contributed by atoms with E-state index < -0.39 is 12.6 Å². The van der Waals surface area contributed by atoms with Gasteiger partial charge in [-0.1, -0.05) is 6.07 Å². The molecule has 0 spiro atoms. The number of aromatic nitrogens is 2. The first-order valence-corrected chi connectivity index (χ1v) is 5.70. The van der Waals surface area contributed by atoms with Gasteiger partial charge in [-0.2, -0.15) is 13.2 Å². The number of rotatable bonds is 4. The molecule has 0 saturated carbocycles. The molecule has 0 aliphatic heterocycles. The van der Waals surface area contributed by atoms with Crippen molar-refractivity contribution in [2.75, 3.05) is 6.54 Å². The fraction of sp³-hybridized carbons (Fsp3) is 0.333. The van der Waals surface area contributed by atoms with Gasteiger partial charge in [-0.15, -0.1) is 0 Å². The van der Waals surface area contributed by atoms with Crippen molar-refractivity contribution in [2.45, 2.75) is 19.1 Å². The molecule has 102 valence electrons. The highest BCUT2D eigenvalue weighted by Gasteiger charge is 2.25. The maximum atomic E-state index is 11.9. The maximum absolute atomic E-state index is 11.9. The van der Waals surface area contributed by atoms with E-state index in [0.717, 1.165) is 0 Å². The Labute approximate surface area is 106 Å². The van der Waals surface area contributed by atoms with Gasteiger partial charge in [0.2, 0.25) is 0 Å². The quantitative estimate of drug-likeness (QED) is 0.862. The van der Waals surface area contributed by atoms with Crippen molar-refractivity contribution >= 4 is 5.65 Å². The van der Waals surface area contributed by atoms with Crippen LogP contribution in [0.4, 0.5) is 13.2 Å². The van der Waals surface area contributed by atoms with Crippen molar-refractivity contribution in [1.82, 2.24) is 14.7 Å². The molecular formula is C12H12F3N3O.